The fourth-order valence-corrected chi connectivity index (χ4v) is 2.45. The lowest BCUT2D eigenvalue weighted by Gasteiger charge is -2.07. The molecule has 1 N–H and O–H groups in total. The number of nitrogens with one attached hydrogen (secondary N) is 1. The molecule has 0 saturated carbocycles. The van der Waals surface area contributed by atoms with Gasteiger partial charge in [-0.05, 0) is 29.8 Å². The first-order valence-corrected chi connectivity index (χ1v) is 7.31. The zero-order valence-electron chi connectivity index (χ0n) is 13.3. The van der Waals surface area contributed by atoms with Crippen molar-refractivity contribution < 1.29 is 14.1 Å². The van der Waals surface area contributed by atoms with Crippen molar-refractivity contribution in [3.05, 3.63) is 70.7 Å². The Bertz CT molecular complexity index is 908. The Kier molecular flexibility index (Phi) is 4.20. The van der Waals surface area contributed by atoms with Gasteiger partial charge in [0.05, 0.1) is 7.11 Å². The van der Waals surface area contributed by atoms with Crippen LogP contribution in [0, 0.1) is 0 Å². The first-order valence-electron chi connectivity index (χ1n) is 7.31. The van der Waals surface area contributed by atoms with Crippen LogP contribution >= 0.6 is 0 Å². The molecule has 0 atom stereocenters. The molecule has 1 aromatic heterocycles. The Balaban J connectivity index is 1.96. The van der Waals surface area contributed by atoms with Crippen molar-refractivity contribution in [3.8, 4) is 16.9 Å². The van der Waals surface area contributed by atoms with E-state index in [2.05, 4.69) is 5.32 Å². The normalized spacial score (nSPS) is 10.4. The summed E-state index contributed by atoms with van der Waals surface area (Å²) in [7, 11) is 3.09. The van der Waals surface area contributed by atoms with Gasteiger partial charge in [0.2, 0.25) is 0 Å². The molecule has 0 fully saturated rings. The Morgan fingerprint density at radius 1 is 1.08 bits per heavy atom. The summed E-state index contributed by atoms with van der Waals surface area (Å²) >= 11 is 0. The number of hydrogen-bond acceptors (Lipinski definition) is 4. The maximum atomic E-state index is 12.6. The van der Waals surface area contributed by atoms with Crippen molar-refractivity contribution in [2.24, 2.45) is 7.05 Å². The number of methoxy groups -OCH3 is 1. The van der Waals surface area contributed by atoms with Gasteiger partial charge in [-0.1, -0.05) is 30.3 Å². The third-order valence-corrected chi connectivity index (χ3v) is 3.60. The molecule has 0 radical (unpaired) electrons. The molecule has 0 spiro atoms. The molecule has 1 heterocycles. The Hall–Kier alpha value is -3.28. The molecule has 1 amide bonds. The van der Waals surface area contributed by atoms with E-state index in [-0.39, 0.29) is 11.3 Å². The minimum atomic E-state index is -0.552. The van der Waals surface area contributed by atoms with Gasteiger partial charge in [-0.25, -0.2) is 9.53 Å². The second kappa shape index (κ2) is 6.45. The number of rotatable bonds is 4. The molecule has 2 aromatic carbocycles. The van der Waals surface area contributed by atoms with Gasteiger partial charge in [-0.2, -0.15) is 0 Å². The lowest BCUT2D eigenvalue weighted by atomic mass is 10.1. The lowest BCUT2D eigenvalue weighted by Crippen LogP contribution is -2.17. The highest BCUT2D eigenvalue weighted by atomic mass is 16.5. The fraction of sp³-hybridized carbons (Fsp3) is 0.111. The molecule has 3 aromatic rings. The number of carbonyl (C=O) groups is 1. The van der Waals surface area contributed by atoms with E-state index in [9.17, 15) is 9.59 Å². The fourth-order valence-electron chi connectivity index (χ4n) is 2.45. The predicted octanol–water partition coefficient (Wildman–Crippen LogP) is 2.91. The van der Waals surface area contributed by atoms with Crippen LogP contribution < -0.4 is 15.7 Å². The van der Waals surface area contributed by atoms with E-state index in [1.807, 2.05) is 6.07 Å². The van der Waals surface area contributed by atoms with Crippen LogP contribution in [-0.2, 0) is 7.05 Å². The van der Waals surface area contributed by atoms with Crippen molar-refractivity contribution in [2.45, 2.75) is 0 Å². The first-order chi connectivity index (χ1) is 11.6. The molecule has 0 bridgehead atoms. The predicted molar refractivity (Wildman–Crippen MR) is 90.3 cm³/mol. The topological polar surface area (TPSA) is 73.5 Å². The average molecular weight is 324 g/mol. The second-order valence-corrected chi connectivity index (χ2v) is 5.15. The number of aromatic nitrogens is 1. The van der Waals surface area contributed by atoms with Crippen LogP contribution in [-0.4, -0.2) is 17.8 Å². The van der Waals surface area contributed by atoms with Gasteiger partial charge in [-0.3, -0.25) is 4.79 Å². The van der Waals surface area contributed by atoms with Gasteiger partial charge in [0, 0.05) is 12.7 Å². The van der Waals surface area contributed by atoms with Crippen molar-refractivity contribution in [3.63, 3.8) is 0 Å². The highest BCUT2D eigenvalue weighted by Gasteiger charge is 2.23. The summed E-state index contributed by atoms with van der Waals surface area (Å²) in [5.41, 5.74) is 1.08. The minimum Gasteiger partial charge on any atom is -0.497 e. The molecule has 0 saturated heterocycles. The SMILES string of the molecule is COc1ccc(NC(=O)c2c(-c3ccccc3)c(=O)on2C)cc1. The molecule has 24 heavy (non-hydrogen) atoms. The standard InChI is InChI=1S/C18H16N2O4/c1-20-16(15(18(22)24-20)12-6-4-3-5-7-12)17(21)19-13-8-10-14(23-2)11-9-13/h3-11H,1-2H3,(H,19,21). The quantitative estimate of drug-likeness (QED) is 0.801. The van der Waals surface area contributed by atoms with E-state index in [1.54, 1.807) is 55.6 Å². The van der Waals surface area contributed by atoms with Gasteiger partial charge in [0.1, 0.15) is 11.3 Å². The van der Waals surface area contributed by atoms with E-state index in [4.69, 9.17) is 9.26 Å². The third kappa shape index (κ3) is 2.94. The maximum Gasteiger partial charge on any atom is 0.366 e. The number of aryl methyl sites for hydroxylation is 1. The van der Waals surface area contributed by atoms with Crippen LogP contribution in [0.4, 0.5) is 5.69 Å². The summed E-state index contributed by atoms with van der Waals surface area (Å²) < 4.78 is 11.3. The molecule has 6 nitrogen and oxygen atoms in total. The van der Waals surface area contributed by atoms with Crippen LogP contribution in [0.3, 0.4) is 0 Å². The molecule has 0 aliphatic carbocycles. The number of ether oxygens (including phenoxy) is 1. The molecule has 3 rings (SSSR count). The Morgan fingerprint density at radius 3 is 2.38 bits per heavy atom. The molecule has 122 valence electrons. The molecule has 6 heteroatoms. The molecule has 0 aliphatic rings. The molecule has 0 unspecified atom stereocenters. The number of anilines is 1. The zero-order chi connectivity index (χ0) is 17.1. The monoisotopic (exact) mass is 324 g/mol. The second-order valence-electron chi connectivity index (χ2n) is 5.15. The van der Waals surface area contributed by atoms with Crippen LogP contribution in [0.1, 0.15) is 10.5 Å². The average Bonchev–Trinajstić information content (AvgIpc) is 2.90. The van der Waals surface area contributed by atoms with Gasteiger partial charge in [0.25, 0.3) is 5.91 Å². The van der Waals surface area contributed by atoms with E-state index in [1.165, 1.54) is 11.8 Å². The number of nitrogens with zero attached hydrogens (tertiary/aromatic N) is 1. The van der Waals surface area contributed by atoms with Crippen LogP contribution in [0.2, 0.25) is 0 Å². The van der Waals surface area contributed by atoms with Gasteiger partial charge < -0.3 is 14.6 Å². The summed E-state index contributed by atoms with van der Waals surface area (Å²) in [6.07, 6.45) is 0. The first kappa shape index (κ1) is 15.6. The third-order valence-electron chi connectivity index (χ3n) is 3.60. The number of benzene rings is 2. The van der Waals surface area contributed by atoms with E-state index in [0.717, 1.165) is 0 Å². The zero-order valence-corrected chi connectivity index (χ0v) is 13.3. The number of hydrogen-bond donors (Lipinski definition) is 1. The summed E-state index contributed by atoms with van der Waals surface area (Å²) in [4.78, 5) is 24.8. The lowest BCUT2D eigenvalue weighted by molar-refractivity contribution is 0.100. The van der Waals surface area contributed by atoms with Crippen molar-refractivity contribution in [1.29, 1.82) is 0 Å². The van der Waals surface area contributed by atoms with Crippen molar-refractivity contribution in [2.75, 3.05) is 12.4 Å². The summed E-state index contributed by atoms with van der Waals surface area (Å²) in [6, 6.07) is 15.9. The van der Waals surface area contributed by atoms with Gasteiger partial charge >= 0.3 is 5.63 Å². The largest absolute Gasteiger partial charge is 0.497 e. The van der Waals surface area contributed by atoms with Gasteiger partial charge in [0.15, 0.2) is 5.69 Å². The van der Waals surface area contributed by atoms with Gasteiger partial charge in [-0.15, -0.1) is 0 Å². The van der Waals surface area contributed by atoms with E-state index < -0.39 is 11.5 Å². The number of carbonyl (C=O) groups excluding carboxylic acids is 1. The van der Waals surface area contributed by atoms with Crippen LogP contribution in [0.15, 0.2) is 63.9 Å². The highest BCUT2D eigenvalue weighted by molar-refractivity contribution is 6.07. The summed E-state index contributed by atoms with van der Waals surface area (Å²) in [5.74, 6) is 0.265. The van der Waals surface area contributed by atoms with Crippen LogP contribution in [0.25, 0.3) is 11.1 Å². The highest BCUT2D eigenvalue weighted by Crippen LogP contribution is 2.22. The number of amides is 1. The molecular weight excluding hydrogens is 308 g/mol. The Morgan fingerprint density at radius 2 is 1.75 bits per heavy atom. The maximum absolute atomic E-state index is 12.6. The minimum absolute atomic E-state index is 0.169. The Labute approximate surface area is 138 Å². The van der Waals surface area contributed by atoms with Crippen LogP contribution in [0.5, 0.6) is 5.75 Å². The molecular formula is C18H16N2O4. The molecule has 0 aliphatic heterocycles. The smallest absolute Gasteiger partial charge is 0.366 e. The summed E-state index contributed by atoms with van der Waals surface area (Å²) in [6.45, 7) is 0. The van der Waals surface area contributed by atoms with Crippen molar-refractivity contribution >= 4 is 11.6 Å². The van der Waals surface area contributed by atoms with Crippen molar-refractivity contribution in [1.82, 2.24) is 4.74 Å². The van der Waals surface area contributed by atoms with E-state index in [0.29, 0.717) is 17.0 Å². The summed E-state index contributed by atoms with van der Waals surface area (Å²) in [5, 5.41) is 2.76. The van der Waals surface area contributed by atoms with E-state index >= 15 is 0 Å².